The molecule has 1 aliphatic heterocycles. The van der Waals surface area contributed by atoms with Crippen LogP contribution in [0.4, 0.5) is 13.2 Å². The van der Waals surface area contributed by atoms with Gasteiger partial charge in [-0.25, -0.2) is 0 Å². The van der Waals surface area contributed by atoms with Crippen molar-refractivity contribution in [2.45, 2.75) is 24.4 Å². The number of rotatable bonds is 4. The first kappa shape index (κ1) is 17.6. The molecule has 1 heterocycles. The Morgan fingerprint density at radius 1 is 1.36 bits per heavy atom. The molecule has 1 aromatic rings. The summed E-state index contributed by atoms with van der Waals surface area (Å²) in [5.74, 6) is -0.480. The summed E-state index contributed by atoms with van der Waals surface area (Å²) in [6.07, 6.45) is -0.0698. The number of hydrogen-bond acceptors (Lipinski definition) is 4. The van der Waals surface area contributed by atoms with Crippen molar-refractivity contribution < 1.29 is 22.8 Å². The molecule has 25 heavy (non-hydrogen) atoms. The van der Waals surface area contributed by atoms with Crippen LogP contribution in [0.5, 0.6) is 0 Å². The second-order valence-corrected chi connectivity index (χ2v) is 6.92. The molecule has 132 valence electrons. The molecule has 2 aliphatic rings. The third-order valence-corrected chi connectivity index (χ3v) is 5.02. The molecule has 1 atom stereocenters. The molecular formula is C17H15F3N2O2S. The van der Waals surface area contributed by atoms with Gasteiger partial charge in [0.15, 0.2) is 5.78 Å². The van der Waals surface area contributed by atoms with E-state index >= 15 is 0 Å². The van der Waals surface area contributed by atoms with E-state index in [9.17, 15) is 22.8 Å². The Balaban J connectivity index is 1.52. The molecule has 0 radical (unpaired) electrons. The minimum atomic E-state index is -4.48. The topological polar surface area (TPSA) is 58.2 Å². The zero-order chi connectivity index (χ0) is 18.0. The SMILES string of the molecule is O=C1C=C2SC(CCNC(=O)c3cccc(C(F)(F)F)c3)NC2=CC1. The summed E-state index contributed by atoms with van der Waals surface area (Å²) in [5.41, 5.74) is 0.0612. The number of allylic oxidation sites excluding steroid dienone is 2. The van der Waals surface area contributed by atoms with Crippen LogP contribution in [0.3, 0.4) is 0 Å². The van der Waals surface area contributed by atoms with E-state index in [0.29, 0.717) is 19.4 Å². The van der Waals surface area contributed by atoms with Gasteiger partial charge in [-0.2, -0.15) is 13.2 Å². The normalized spacial score (nSPS) is 19.6. The van der Waals surface area contributed by atoms with Gasteiger partial charge in [0.1, 0.15) is 0 Å². The van der Waals surface area contributed by atoms with Gasteiger partial charge in [-0.1, -0.05) is 23.9 Å². The number of amides is 1. The highest BCUT2D eigenvalue weighted by Crippen LogP contribution is 2.37. The number of ketones is 1. The number of fused-ring (bicyclic) bond motifs is 1. The Morgan fingerprint density at radius 3 is 2.92 bits per heavy atom. The summed E-state index contributed by atoms with van der Waals surface area (Å²) in [6.45, 7) is 0.314. The number of carbonyl (C=O) groups is 2. The number of benzene rings is 1. The molecule has 8 heteroatoms. The lowest BCUT2D eigenvalue weighted by Gasteiger charge is -2.12. The molecule has 0 saturated carbocycles. The monoisotopic (exact) mass is 368 g/mol. The van der Waals surface area contributed by atoms with Crippen LogP contribution in [0.1, 0.15) is 28.8 Å². The summed E-state index contributed by atoms with van der Waals surface area (Å²) in [7, 11) is 0. The van der Waals surface area contributed by atoms with Crippen molar-refractivity contribution >= 4 is 23.5 Å². The van der Waals surface area contributed by atoms with E-state index in [2.05, 4.69) is 10.6 Å². The smallest absolute Gasteiger partial charge is 0.372 e. The fraction of sp³-hybridized carbons (Fsp3) is 0.294. The second kappa shape index (κ2) is 6.95. The molecule has 1 unspecified atom stereocenters. The van der Waals surface area contributed by atoms with Crippen molar-refractivity contribution in [2.24, 2.45) is 0 Å². The summed E-state index contributed by atoms with van der Waals surface area (Å²) in [4.78, 5) is 24.3. The van der Waals surface area contributed by atoms with Crippen molar-refractivity contribution in [3.05, 3.63) is 58.1 Å². The zero-order valence-corrected chi connectivity index (χ0v) is 13.8. The van der Waals surface area contributed by atoms with Crippen molar-refractivity contribution in [3.63, 3.8) is 0 Å². The Hall–Kier alpha value is -2.22. The summed E-state index contributed by atoms with van der Waals surface area (Å²) >= 11 is 1.51. The first-order valence-electron chi connectivity index (χ1n) is 7.66. The van der Waals surface area contributed by atoms with E-state index < -0.39 is 17.6 Å². The minimum Gasteiger partial charge on any atom is -0.372 e. The van der Waals surface area contributed by atoms with Crippen molar-refractivity contribution in [1.29, 1.82) is 0 Å². The Morgan fingerprint density at radius 2 is 2.16 bits per heavy atom. The highest BCUT2D eigenvalue weighted by molar-refractivity contribution is 8.04. The van der Waals surface area contributed by atoms with Gasteiger partial charge in [-0.15, -0.1) is 0 Å². The van der Waals surface area contributed by atoms with Crippen LogP contribution >= 0.6 is 11.8 Å². The molecule has 1 aromatic carbocycles. The van der Waals surface area contributed by atoms with Crippen LogP contribution in [0.2, 0.25) is 0 Å². The van der Waals surface area contributed by atoms with Gasteiger partial charge in [0.05, 0.1) is 10.9 Å². The van der Waals surface area contributed by atoms with Crippen LogP contribution < -0.4 is 10.6 Å². The summed E-state index contributed by atoms with van der Waals surface area (Å²) < 4.78 is 38.1. The molecular weight excluding hydrogens is 353 g/mol. The predicted octanol–water partition coefficient (Wildman–Crippen LogP) is 3.23. The summed E-state index contributed by atoms with van der Waals surface area (Å²) in [5, 5.41) is 5.91. The third-order valence-electron chi connectivity index (χ3n) is 3.79. The maximum absolute atomic E-state index is 12.7. The molecule has 0 aromatic heterocycles. The Bertz CT molecular complexity index is 771. The number of halogens is 3. The maximum Gasteiger partial charge on any atom is 0.416 e. The number of thioether (sulfide) groups is 1. The van der Waals surface area contributed by atoms with E-state index in [0.717, 1.165) is 22.7 Å². The van der Waals surface area contributed by atoms with Crippen molar-refractivity contribution in [1.82, 2.24) is 10.6 Å². The van der Waals surface area contributed by atoms with E-state index in [1.54, 1.807) is 6.08 Å². The molecule has 1 amide bonds. The Kier molecular flexibility index (Phi) is 4.89. The molecule has 2 N–H and O–H groups in total. The van der Waals surface area contributed by atoms with Crippen LogP contribution in [-0.4, -0.2) is 23.6 Å². The molecule has 1 saturated heterocycles. The van der Waals surface area contributed by atoms with Gasteiger partial charge in [0, 0.05) is 29.1 Å². The van der Waals surface area contributed by atoms with E-state index in [1.165, 1.54) is 23.9 Å². The van der Waals surface area contributed by atoms with Crippen LogP contribution in [0.15, 0.2) is 47.0 Å². The van der Waals surface area contributed by atoms with Crippen molar-refractivity contribution in [3.8, 4) is 0 Å². The van der Waals surface area contributed by atoms with Crippen LogP contribution in [-0.2, 0) is 11.0 Å². The summed E-state index contributed by atoms with van der Waals surface area (Å²) in [6, 6.07) is 4.34. The second-order valence-electron chi connectivity index (χ2n) is 5.67. The van der Waals surface area contributed by atoms with Gasteiger partial charge in [-0.05, 0) is 30.7 Å². The molecule has 0 bridgehead atoms. The van der Waals surface area contributed by atoms with Gasteiger partial charge in [-0.3, -0.25) is 9.59 Å². The number of hydrogen-bond donors (Lipinski definition) is 2. The molecule has 1 aliphatic carbocycles. The number of nitrogens with one attached hydrogen (secondary N) is 2. The molecule has 0 spiro atoms. The minimum absolute atomic E-state index is 0.0187. The predicted molar refractivity (Wildman–Crippen MR) is 88.7 cm³/mol. The first-order valence-corrected chi connectivity index (χ1v) is 8.54. The first-order chi connectivity index (χ1) is 11.8. The lowest BCUT2D eigenvalue weighted by atomic mass is 10.1. The lowest BCUT2D eigenvalue weighted by molar-refractivity contribution is -0.137. The van der Waals surface area contributed by atoms with Crippen LogP contribution in [0.25, 0.3) is 0 Å². The fourth-order valence-corrected chi connectivity index (χ4v) is 3.75. The van der Waals surface area contributed by atoms with E-state index in [4.69, 9.17) is 0 Å². The molecule has 4 nitrogen and oxygen atoms in total. The van der Waals surface area contributed by atoms with Gasteiger partial charge in [0.2, 0.25) is 0 Å². The lowest BCUT2D eigenvalue weighted by Crippen LogP contribution is -2.29. The average molecular weight is 368 g/mol. The van der Waals surface area contributed by atoms with E-state index in [-0.39, 0.29) is 16.7 Å². The van der Waals surface area contributed by atoms with Crippen molar-refractivity contribution in [2.75, 3.05) is 6.54 Å². The molecule has 1 fully saturated rings. The quantitative estimate of drug-likeness (QED) is 0.857. The van der Waals surface area contributed by atoms with Crippen LogP contribution in [0, 0.1) is 0 Å². The largest absolute Gasteiger partial charge is 0.416 e. The Labute approximate surface area is 146 Å². The number of carbonyl (C=O) groups excluding carboxylic acids is 2. The highest BCUT2D eigenvalue weighted by Gasteiger charge is 2.31. The third kappa shape index (κ3) is 4.25. The number of alkyl halides is 3. The highest BCUT2D eigenvalue weighted by atomic mass is 32.2. The molecule has 3 rings (SSSR count). The van der Waals surface area contributed by atoms with E-state index in [1.807, 2.05) is 6.08 Å². The average Bonchev–Trinajstić information content (AvgIpc) is 2.96. The standard InChI is InChI=1S/C17H15F3N2O2S/c18-17(19,20)11-3-1-2-10(8-11)16(24)21-7-6-15-22-13-5-4-12(23)9-14(13)25-15/h1-3,5,8-9,15,22H,4,6-7H2,(H,21,24). The van der Waals surface area contributed by atoms with Gasteiger partial charge >= 0.3 is 6.18 Å². The fourth-order valence-electron chi connectivity index (χ4n) is 2.56. The van der Waals surface area contributed by atoms with Gasteiger partial charge < -0.3 is 10.6 Å². The van der Waals surface area contributed by atoms with Gasteiger partial charge in [0.25, 0.3) is 5.91 Å². The maximum atomic E-state index is 12.7. The zero-order valence-electron chi connectivity index (χ0n) is 13.0.